The minimum atomic E-state index is 0.128. The number of guanidine groups is 1. The van der Waals surface area contributed by atoms with Crippen LogP contribution in [0.4, 0.5) is 0 Å². The molecule has 1 aliphatic carbocycles. The Labute approximate surface area is 151 Å². The van der Waals surface area contributed by atoms with Gasteiger partial charge in [-0.1, -0.05) is 59.6 Å². The highest BCUT2D eigenvalue weighted by molar-refractivity contribution is 6.38. The molecule has 24 heavy (non-hydrogen) atoms. The number of hydrogen-bond donors (Lipinski definition) is 2. The third-order valence-corrected chi connectivity index (χ3v) is 4.82. The van der Waals surface area contributed by atoms with Gasteiger partial charge in [0.1, 0.15) is 0 Å². The van der Waals surface area contributed by atoms with Crippen LogP contribution in [0.2, 0.25) is 10.0 Å². The summed E-state index contributed by atoms with van der Waals surface area (Å²) in [7, 11) is 0. The molecule has 0 saturated heterocycles. The van der Waals surface area contributed by atoms with Crippen molar-refractivity contribution < 1.29 is 0 Å². The molecule has 0 radical (unpaired) electrons. The van der Waals surface area contributed by atoms with Gasteiger partial charge in [0.05, 0.1) is 22.8 Å². The molecule has 4 nitrogen and oxygen atoms in total. The fraction of sp³-hybridized carbons (Fsp3) is 0.222. The molecule has 6 heteroatoms. The van der Waals surface area contributed by atoms with Crippen molar-refractivity contribution >= 4 is 35.4 Å². The summed E-state index contributed by atoms with van der Waals surface area (Å²) in [5.41, 5.74) is 10.7. The van der Waals surface area contributed by atoms with Crippen molar-refractivity contribution in [1.82, 2.24) is 5.43 Å². The highest BCUT2D eigenvalue weighted by Crippen LogP contribution is 2.48. The minimum absolute atomic E-state index is 0.128. The van der Waals surface area contributed by atoms with Crippen molar-refractivity contribution in [3.8, 4) is 0 Å². The molecule has 0 unspecified atom stereocenters. The lowest BCUT2D eigenvalue weighted by atomic mass is 9.96. The molecule has 2 aromatic carbocycles. The Morgan fingerprint density at radius 2 is 1.75 bits per heavy atom. The monoisotopic (exact) mass is 360 g/mol. The summed E-state index contributed by atoms with van der Waals surface area (Å²) in [5, 5.41) is 5.12. The molecule has 1 fully saturated rings. The smallest absolute Gasteiger partial charge is 0.209 e. The van der Waals surface area contributed by atoms with E-state index in [2.05, 4.69) is 39.8 Å². The second kappa shape index (κ2) is 7.24. The molecule has 0 spiro atoms. The first-order valence-corrected chi connectivity index (χ1v) is 8.45. The molecule has 0 aliphatic heterocycles. The molecule has 0 atom stereocenters. The zero-order valence-electron chi connectivity index (χ0n) is 13.0. The molecule has 3 N–H and O–H groups in total. The van der Waals surface area contributed by atoms with Crippen LogP contribution in [0.25, 0.3) is 0 Å². The van der Waals surface area contributed by atoms with Crippen LogP contribution in [0, 0.1) is 0 Å². The lowest BCUT2D eigenvalue weighted by molar-refractivity contribution is 0.701. The number of nitrogens with one attached hydrogen (secondary N) is 1. The molecule has 124 valence electrons. The highest BCUT2D eigenvalue weighted by Gasteiger charge is 2.43. The molecular weight excluding hydrogens is 343 g/mol. The van der Waals surface area contributed by atoms with Crippen molar-refractivity contribution in [2.45, 2.75) is 18.3 Å². The fourth-order valence-electron chi connectivity index (χ4n) is 2.55. The Balaban J connectivity index is 1.60. The van der Waals surface area contributed by atoms with E-state index in [1.807, 2.05) is 6.07 Å². The SMILES string of the molecule is NC(=NCC1(c2ccccc2)CC1)N/N=C/c1c(Cl)cccc1Cl. The van der Waals surface area contributed by atoms with Crippen molar-refractivity contribution in [2.75, 3.05) is 6.54 Å². The first kappa shape index (κ1) is 16.8. The maximum Gasteiger partial charge on any atom is 0.209 e. The average Bonchev–Trinajstić information content (AvgIpc) is 3.38. The number of hydrogen-bond acceptors (Lipinski definition) is 2. The second-order valence-corrected chi connectivity index (χ2v) is 6.67. The quantitative estimate of drug-likeness (QED) is 0.481. The van der Waals surface area contributed by atoms with Crippen LogP contribution in [0.15, 0.2) is 58.6 Å². The lowest BCUT2D eigenvalue weighted by Gasteiger charge is -2.13. The summed E-state index contributed by atoms with van der Waals surface area (Å²) in [4.78, 5) is 4.41. The van der Waals surface area contributed by atoms with Crippen LogP contribution >= 0.6 is 23.2 Å². The van der Waals surface area contributed by atoms with Gasteiger partial charge in [0.2, 0.25) is 5.96 Å². The van der Waals surface area contributed by atoms with E-state index in [9.17, 15) is 0 Å². The van der Waals surface area contributed by atoms with E-state index in [0.29, 0.717) is 22.2 Å². The number of halogens is 2. The van der Waals surface area contributed by atoms with E-state index in [4.69, 9.17) is 28.9 Å². The molecule has 0 bridgehead atoms. The van der Waals surface area contributed by atoms with Crippen LogP contribution in [0.1, 0.15) is 24.0 Å². The van der Waals surface area contributed by atoms with Crippen molar-refractivity contribution in [3.05, 3.63) is 69.7 Å². The van der Waals surface area contributed by atoms with Crippen molar-refractivity contribution in [1.29, 1.82) is 0 Å². The third-order valence-electron chi connectivity index (χ3n) is 4.16. The Kier molecular flexibility index (Phi) is 5.07. The Morgan fingerprint density at radius 1 is 1.08 bits per heavy atom. The molecule has 3 rings (SSSR count). The maximum absolute atomic E-state index is 6.08. The molecule has 0 amide bonds. The first-order valence-electron chi connectivity index (χ1n) is 7.69. The first-order chi connectivity index (χ1) is 11.6. The van der Waals surface area contributed by atoms with Gasteiger partial charge in [-0.05, 0) is 30.5 Å². The summed E-state index contributed by atoms with van der Waals surface area (Å²) in [6, 6.07) is 15.7. The van der Waals surface area contributed by atoms with Gasteiger partial charge in [-0.3, -0.25) is 4.99 Å². The van der Waals surface area contributed by atoms with Crippen LogP contribution in [-0.2, 0) is 5.41 Å². The summed E-state index contributed by atoms with van der Waals surface area (Å²) in [5.74, 6) is 0.275. The number of rotatable bonds is 5. The number of nitrogens with two attached hydrogens (primary N) is 1. The van der Waals surface area contributed by atoms with E-state index in [0.717, 1.165) is 12.8 Å². The topological polar surface area (TPSA) is 62.8 Å². The Morgan fingerprint density at radius 3 is 2.38 bits per heavy atom. The zero-order chi connectivity index (χ0) is 17.0. The predicted molar refractivity (Wildman–Crippen MR) is 101 cm³/mol. The highest BCUT2D eigenvalue weighted by atomic mass is 35.5. The van der Waals surface area contributed by atoms with E-state index in [1.54, 1.807) is 18.2 Å². The van der Waals surface area contributed by atoms with Crippen LogP contribution in [0.5, 0.6) is 0 Å². The number of hydrazone groups is 1. The van der Waals surface area contributed by atoms with Gasteiger partial charge in [-0.2, -0.15) is 5.10 Å². The third kappa shape index (κ3) is 3.89. The summed E-state index contributed by atoms with van der Waals surface area (Å²) in [6.45, 7) is 0.651. The van der Waals surface area contributed by atoms with E-state index < -0.39 is 0 Å². The molecule has 0 heterocycles. The van der Waals surface area contributed by atoms with Crippen molar-refractivity contribution in [3.63, 3.8) is 0 Å². The number of aliphatic imine (C=N–C) groups is 1. The Bertz CT molecular complexity index is 748. The van der Waals surface area contributed by atoms with Gasteiger partial charge in [0, 0.05) is 11.0 Å². The largest absolute Gasteiger partial charge is 0.369 e. The Hall–Kier alpha value is -2.04. The van der Waals surface area contributed by atoms with Gasteiger partial charge in [-0.15, -0.1) is 0 Å². The van der Waals surface area contributed by atoms with Gasteiger partial charge in [-0.25, -0.2) is 5.43 Å². The second-order valence-electron chi connectivity index (χ2n) is 5.85. The van der Waals surface area contributed by atoms with E-state index in [1.165, 1.54) is 11.8 Å². The zero-order valence-corrected chi connectivity index (χ0v) is 14.6. The normalized spacial score (nSPS) is 16.3. The van der Waals surface area contributed by atoms with Gasteiger partial charge in [0.25, 0.3) is 0 Å². The van der Waals surface area contributed by atoms with Crippen molar-refractivity contribution in [2.24, 2.45) is 15.8 Å². The summed E-state index contributed by atoms with van der Waals surface area (Å²) < 4.78 is 0. The molecule has 1 aliphatic rings. The van der Waals surface area contributed by atoms with Crippen LogP contribution in [-0.4, -0.2) is 18.7 Å². The predicted octanol–water partition coefficient (Wildman–Crippen LogP) is 3.96. The molecular formula is C18H18Cl2N4. The summed E-state index contributed by atoms with van der Waals surface area (Å²) in [6.07, 6.45) is 3.80. The van der Waals surface area contributed by atoms with Crippen LogP contribution < -0.4 is 11.2 Å². The minimum Gasteiger partial charge on any atom is -0.369 e. The lowest BCUT2D eigenvalue weighted by Crippen LogP contribution is -2.29. The van der Waals surface area contributed by atoms with E-state index >= 15 is 0 Å². The van der Waals surface area contributed by atoms with Gasteiger partial charge in [0.15, 0.2) is 0 Å². The molecule has 2 aromatic rings. The summed E-state index contributed by atoms with van der Waals surface area (Å²) >= 11 is 12.2. The standard InChI is InChI=1S/C18H18Cl2N4/c19-15-7-4-8-16(20)14(15)11-23-24-17(21)22-12-18(9-10-18)13-5-2-1-3-6-13/h1-8,11H,9-10,12H2,(H3,21,22,24)/b23-11+. The molecule has 1 saturated carbocycles. The molecule has 0 aromatic heterocycles. The number of nitrogens with zero attached hydrogens (tertiary/aromatic N) is 2. The van der Waals surface area contributed by atoms with Crippen LogP contribution in [0.3, 0.4) is 0 Å². The number of benzene rings is 2. The maximum atomic E-state index is 6.08. The fourth-order valence-corrected chi connectivity index (χ4v) is 3.04. The van der Waals surface area contributed by atoms with Gasteiger partial charge >= 0.3 is 0 Å². The van der Waals surface area contributed by atoms with Gasteiger partial charge < -0.3 is 5.73 Å². The van der Waals surface area contributed by atoms with E-state index in [-0.39, 0.29) is 11.4 Å². The average molecular weight is 361 g/mol.